The van der Waals surface area contributed by atoms with Gasteiger partial charge in [-0.05, 0) is 64.6 Å². The molecule has 1 heterocycles. The number of piperidine rings is 1. The number of hydrogen-bond acceptors (Lipinski definition) is 2. The van der Waals surface area contributed by atoms with Crippen molar-refractivity contribution in [3.05, 3.63) is 0 Å². The summed E-state index contributed by atoms with van der Waals surface area (Å²) in [4.78, 5) is 2.70. The van der Waals surface area contributed by atoms with Gasteiger partial charge in [0.2, 0.25) is 0 Å². The van der Waals surface area contributed by atoms with Crippen molar-refractivity contribution in [2.24, 2.45) is 5.92 Å². The fourth-order valence-corrected chi connectivity index (χ4v) is 3.68. The monoisotopic (exact) mass is 252 g/mol. The van der Waals surface area contributed by atoms with E-state index in [0.29, 0.717) is 0 Å². The number of nitrogens with zero attached hydrogens (tertiary/aromatic N) is 1. The van der Waals surface area contributed by atoms with E-state index in [-0.39, 0.29) is 0 Å². The molecule has 18 heavy (non-hydrogen) atoms. The van der Waals surface area contributed by atoms with Crippen molar-refractivity contribution in [1.82, 2.24) is 10.2 Å². The molecular formula is C16H32N2. The predicted molar refractivity (Wildman–Crippen MR) is 78.9 cm³/mol. The molecule has 0 aromatic rings. The van der Waals surface area contributed by atoms with Crippen molar-refractivity contribution >= 4 is 0 Å². The highest BCUT2D eigenvalue weighted by atomic mass is 15.2. The zero-order valence-corrected chi connectivity index (χ0v) is 12.5. The van der Waals surface area contributed by atoms with E-state index in [9.17, 15) is 0 Å². The first-order chi connectivity index (χ1) is 8.75. The molecule has 0 aromatic heterocycles. The fraction of sp³-hybridized carbons (Fsp3) is 1.00. The largest absolute Gasteiger partial charge is 0.314 e. The summed E-state index contributed by atoms with van der Waals surface area (Å²) in [5.74, 6) is 0.941. The van der Waals surface area contributed by atoms with Crippen LogP contribution < -0.4 is 5.32 Å². The lowest BCUT2D eigenvalue weighted by atomic mass is 9.93. The maximum atomic E-state index is 3.76. The minimum absolute atomic E-state index is 0.809. The third-order valence-electron chi connectivity index (χ3n) is 4.94. The van der Waals surface area contributed by atoms with Gasteiger partial charge in [-0.15, -0.1) is 0 Å². The molecule has 2 rings (SSSR count). The van der Waals surface area contributed by atoms with Crippen LogP contribution in [-0.4, -0.2) is 36.6 Å². The summed E-state index contributed by atoms with van der Waals surface area (Å²) in [5, 5.41) is 3.76. The minimum Gasteiger partial charge on any atom is -0.314 e. The van der Waals surface area contributed by atoms with E-state index in [4.69, 9.17) is 0 Å². The number of rotatable bonds is 5. The predicted octanol–water partition coefficient (Wildman–Crippen LogP) is 3.42. The minimum atomic E-state index is 0.809. The van der Waals surface area contributed by atoms with Gasteiger partial charge in [0.05, 0.1) is 0 Å². The Bertz CT molecular complexity index is 223. The Hall–Kier alpha value is -0.0800. The zero-order valence-electron chi connectivity index (χ0n) is 12.5. The highest BCUT2D eigenvalue weighted by Gasteiger charge is 2.22. The van der Waals surface area contributed by atoms with Gasteiger partial charge in [-0.3, -0.25) is 0 Å². The molecule has 1 N–H and O–H groups in total. The Kier molecular flexibility index (Phi) is 5.97. The summed E-state index contributed by atoms with van der Waals surface area (Å²) in [6.07, 6.45) is 11.3. The number of nitrogens with one attached hydrogen (secondary N) is 1. The Morgan fingerprint density at radius 2 is 1.83 bits per heavy atom. The lowest BCUT2D eigenvalue weighted by molar-refractivity contribution is 0.127. The van der Waals surface area contributed by atoms with E-state index < -0.39 is 0 Å². The van der Waals surface area contributed by atoms with Crippen LogP contribution in [-0.2, 0) is 0 Å². The van der Waals surface area contributed by atoms with Crippen molar-refractivity contribution < 1.29 is 0 Å². The van der Waals surface area contributed by atoms with Crippen LogP contribution in [0.15, 0.2) is 0 Å². The quantitative estimate of drug-likeness (QED) is 0.754. The third-order valence-corrected chi connectivity index (χ3v) is 4.94. The van der Waals surface area contributed by atoms with Gasteiger partial charge >= 0.3 is 0 Å². The second kappa shape index (κ2) is 7.49. The molecule has 1 saturated carbocycles. The molecule has 1 aliphatic carbocycles. The van der Waals surface area contributed by atoms with Gasteiger partial charge in [0.1, 0.15) is 0 Å². The average molecular weight is 252 g/mol. The van der Waals surface area contributed by atoms with Gasteiger partial charge < -0.3 is 10.2 Å². The summed E-state index contributed by atoms with van der Waals surface area (Å²) in [5.41, 5.74) is 0. The van der Waals surface area contributed by atoms with Crippen LogP contribution in [0, 0.1) is 5.92 Å². The highest BCUT2D eigenvalue weighted by molar-refractivity contribution is 4.77. The van der Waals surface area contributed by atoms with Crippen molar-refractivity contribution in [2.75, 3.05) is 19.6 Å². The van der Waals surface area contributed by atoms with E-state index in [2.05, 4.69) is 24.1 Å². The number of likely N-dealkylation sites (tertiary alicyclic amines) is 1. The van der Waals surface area contributed by atoms with E-state index in [1.165, 1.54) is 71.0 Å². The van der Waals surface area contributed by atoms with Crippen LogP contribution in [0.25, 0.3) is 0 Å². The molecule has 106 valence electrons. The highest BCUT2D eigenvalue weighted by Crippen LogP contribution is 2.22. The van der Waals surface area contributed by atoms with Crippen LogP contribution >= 0.6 is 0 Å². The molecule has 2 unspecified atom stereocenters. The van der Waals surface area contributed by atoms with Crippen LogP contribution in [0.3, 0.4) is 0 Å². The van der Waals surface area contributed by atoms with Crippen LogP contribution in [0.2, 0.25) is 0 Å². The topological polar surface area (TPSA) is 15.3 Å². The molecule has 2 aliphatic rings. The van der Waals surface area contributed by atoms with Crippen molar-refractivity contribution in [3.63, 3.8) is 0 Å². The van der Waals surface area contributed by atoms with Gasteiger partial charge in [-0.25, -0.2) is 0 Å². The average Bonchev–Trinajstić information content (AvgIpc) is 2.38. The molecule has 1 saturated heterocycles. The Balaban J connectivity index is 1.54. The van der Waals surface area contributed by atoms with Gasteiger partial charge in [0.15, 0.2) is 0 Å². The second-order valence-corrected chi connectivity index (χ2v) is 6.66. The summed E-state index contributed by atoms with van der Waals surface area (Å²) in [6.45, 7) is 8.66. The molecule has 2 nitrogen and oxygen atoms in total. The second-order valence-electron chi connectivity index (χ2n) is 6.66. The molecule has 0 aromatic carbocycles. The van der Waals surface area contributed by atoms with E-state index in [1.807, 2.05) is 0 Å². The van der Waals surface area contributed by atoms with E-state index >= 15 is 0 Å². The van der Waals surface area contributed by atoms with Gasteiger partial charge in [-0.1, -0.05) is 26.2 Å². The standard InChI is InChI=1S/C16H32N2/c1-14-9-12-18(15(2)13-14)11-6-10-17-16-7-4-3-5-8-16/h14-17H,3-13H2,1-2H3. The molecule has 0 spiro atoms. The van der Waals surface area contributed by atoms with Crippen molar-refractivity contribution in [3.8, 4) is 0 Å². The first-order valence-corrected chi connectivity index (χ1v) is 8.23. The van der Waals surface area contributed by atoms with Crippen molar-refractivity contribution in [1.29, 1.82) is 0 Å². The molecule has 2 fully saturated rings. The molecule has 2 atom stereocenters. The summed E-state index contributed by atoms with van der Waals surface area (Å²) >= 11 is 0. The smallest absolute Gasteiger partial charge is 0.00694 e. The van der Waals surface area contributed by atoms with Gasteiger partial charge in [0.25, 0.3) is 0 Å². The van der Waals surface area contributed by atoms with Crippen LogP contribution in [0.5, 0.6) is 0 Å². The maximum Gasteiger partial charge on any atom is 0.00694 e. The normalized spacial score (nSPS) is 31.7. The maximum absolute atomic E-state index is 3.76. The summed E-state index contributed by atoms with van der Waals surface area (Å²) in [6, 6.07) is 1.64. The Morgan fingerprint density at radius 1 is 1.06 bits per heavy atom. The molecule has 1 aliphatic heterocycles. The van der Waals surface area contributed by atoms with Gasteiger partial charge in [0, 0.05) is 12.1 Å². The zero-order chi connectivity index (χ0) is 12.8. The molecule has 0 amide bonds. The van der Waals surface area contributed by atoms with Crippen molar-refractivity contribution in [2.45, 2.75) is 77.3 Å². The summed E-state index contributed by atoms with van der Waals surface area (Å²) in [7, 11) is 0. The first kappa shape index (κ1) is 14.3. The van der Waals surface area contributed by atoms with Crippen LogP contribution in [0.1, 0.15) is 65.2 Å². The molecular weight excluding hydrogens is 220 g/mol. The lowest BCUT2D eigenvalue weighted by Crippen LogP contribution is -2.42. The van der Waals surface area contributed by atoms with Gasteiger partial charge in [-0.2, -0.15) is 0 Å². The summed E-state index contributed by atoms with van der Waals surface area (Å²) < 4.78 is 0. The molecule has 0 radical (unpaired) electrons. The van der Waals surface area contributed by atoms with Crippen LogP contribution in [0.4, 0.5) is 0 Å². The Morgan fingerprint density at radius 3 is 2.56 bits per heavy atom. The van der Waals surface area contributed by atoms with E-state index in [0.717, 1.165) is 18.0 Å². The third kappa shape index (κ3) is 4.55. The first-order valence-electron chi connectivity index (χ1n) is 8.23. The van der Waals surface area contributed by atoms with E-state index in [1.54, 1.807) is 0 Å². The number of hydrogen-bond donors (Lipinski definition) is 1. The molecule has 0 bridgehead atoms. The lowest BCUT2D eigenvalue weighted by Gasteiger charge is -2.36. The fourth-order valence-electron chi connectivity index (χ4n) is 3.68. The SMILES string of the molecule is CC1CCN(CCCNC2CCCCC2)C(C)C1. The Labute approximate surface area is 114 Å². The molecule has 2 heteroatoms.